The largest absolute Gasteiger partial charge is 0.493 e. The number of hydrogen-bond donors (Lipinski definition) is 4. The summed E-state index contributed by atoms with van der Waals surface area (Å²) in [6.07, 6.45) is 4.62. The number of carbonyl (C=O) groups excluding carboxylic acids is 1. The van der Waals surface area contributed by atoms with Crippen LogP contribution in [0, 0.1) is 5.92 Å². The molecule has 3 unspecified atom stereocenters. The molecule has 0 saturated carbocycles. The molecule has 2 rings (SSSR count). The van der Waals surface area contributed by atoms with E-state index in [1.165, 1.54) is 19.3 Å². The van der Waals surface area contributed by atoms with E-state index in [1.54, 1.807) is 0 Å². The standard InChI is InChI=1S/C17H27BrN4O2/c1-3-4-5-6-9-24-14-8-7-12(18)10-13(14)16-15(17(23)20-19)11(2)21-22-16/h7-8,10-11,15-16,21-22H,3-6,9,19H2,1-2H3,(H,20,23). The van der Waals surface area contributed by atoms with Crippen LogP contribution in [0.15, 0.2) is 22.7 Å². The van der Waals surface area contributed by atoms with Crippen molar-refractivity contribution in [3.05, 3.63) is 28.2 Å². The summed E-state index contributed by atoms with van der Waals surface area (Å²) in [6, 6.07) is 5.66. The van der Waals surface area contributed by atoms with Crippen molar-refractivity contribution in [3.8, 4) is 5.75 Å². The Morgan fingerprint density at radius 2 is 2.12 bits per heavy atom. The van der Waals surface area contributed by atoms with Gasteiger partial charge in [0, 0.05) is 16.1 Å². The topological polar surface area (TPSA) is 88.4 Å². The monoisotopic (exact) mass is 398 g/mol. The molecule has 6 nitrogen and oxygen atoms in total. The Morgan fingerprint density at radius 3 is 2.83 bits per heavy atom. The quantitative estimate of drug-likeness (QED) is 0.234. The molecule has 0 spiro atoms. The van der Waals surface area contributed by atoms with Crippen molar-refractivity contribution in [1.29, 1.82) is 0 Å². The number of hydrogen-bond acceptors (Lipinski definition) is 5. The Hall–Kier alpha value is -1.15. The summed E-state index contributed by atoms with van der Waals surface area (Å²) < 4.78 is 6.94. The summed E-state index contributed by atoms with van der Waals surface area (Å²) in [5.74, 6) is 5.65. The molecule has 1 saturated heterocycles. The molecule has 1 amide bonds. The molecule has 1 aromatic carbocycles. The number of ether oxygens (including phenoxy) is 1. The fourth-order valence-corrected chi connectivity index (χ4v) is 3.42. The molecule has 7 heteroatoms. The number of halogens is 1. The molecule has 1 aliphatic heterocycles. The van der Waals surface area contributed by atoms with Crippen LogP contribution in [-0.4, -0.2) is 18.6 Å². The Morgan fingerprint density at radius 1 is 1.33 bits per heavy atom. The van der Waals surface area contributed by atoms with E-state index in [0.29, 0.717) is 6.61 Å². The fraction of sp³-hybridized carbons (Fsp3) is 0.588. The molecular weight excluding hydrogens is 372 g/mol. The van der Waals surface area contributed by atoms with Crippen LogP contribution >= 0.6 is 15.9 Å². The normalized spacial score (nSPS) is 23.2. The smallest absolute Gasteiger partial charge is 0.240 e. The second-order valence-corrected chi connectivity index (χ2v) is 7.10. The zero-order valence-electron chi connectivity index (χ0n) is 14.3. The SMILES string of the molecule is CCCCCCOc1ccc(Br)cc1C1NNC(C)C1C(=O)NN. The molecule has 134 valence electrons. The first kappa shape index (κ1) is 19.2. The highest BCUT2D eigenvalue weighted by Gasteiger charge is 2.40. The zero-order valence-corrected chi connectivity index (χ0v) is 15.9. The Kier molecular flexibility index (Phi) is 7.48. The lowest BCUT2D eigenvalue weighted by Gasteiger charge is -2.22. The Labute approximate surface area is 152 Å². The van der Waals surface area contributed by atoms with E-state index >= 15 is 0 Å². The molecular formula is C17H27BrN4O2. The number of nitrogens with one attached hydrogen (secondary N) is 3. The summed E-state index contributed by atoms with van der Waals surface area (Å²) in [6.45, 7) is 4.82. The van der Waals surface area contributed by atoms with Gasteiger partial charge in [-0.1, -0.05) is 42.1 Å². The minimum atomic E-state index is -0.313. The van der Waals surface area contributed by atoms with Crippen LogP contribution in [0.4, 0.5) is 0 Å². The lowest BCUT2D eigenvalue weighted by atomic mass is 9.89. The van der Waals surface area contributed by atoms with Gasteiger partial charge < -0.3 is 4.74 Å². The maximum absolute atomic E-state index is 12.2. The van der Waals surface area contributed by atoms with E-state index in [-0.39, 0.29) is 23.9 Å². The molecule has 1 heterocycles. The molecule has 1 fully saturated rings. The van der Waals surface area contributed by atoms with Gasteiger partial charge in [0.15, 0.2) is 0 Å². The maximum Gasteiger partial charge on any atom is 0.240 e. The molecule has 0 aromatic heterocycles. The van der Waals surface area contributed by atoms with E-state index in [4.69, 9.17) is 10.6 Å². The number of rotatable bonds is 8. The average molecular weight is 399 g/mol. The van der Waals surface area contributed by atoms with Gasteiger partial charge >= 0.3 is 0 Å². The summed E-state index contributed by atoms with van der Waals surface area (Å²) >= 11 is 3.51. The highest BCUT2D eigenvalue weighted by Crippen LogP contribution is 2.36. The van der Waals surface area contributed by atoms with Gasteiger partial charge in [0.1, 0.15) is 5.75 Å². The summed E-state index contributed by atoms with van der Waals surface area (Å²) in [4.78, 5) is 12.2. The van der Waals surface area contributed by atoms with Gasteiger partial charge in [-0.25, -0.2) is 11.3 Å². The van der Waals surface area contributed by atoms with Crippen LogP contribution in [0.1, 0.15) is 51.1 Å². The third-order valence-electron chi connectivity index (χ3n) is 4.37. The molecule has 5 N–H and O–H groups in total. The van der Waals surface area contributed by atoms with Gasteiger partial charge in [-0.05, 0) is 31.5 Å². The van der Waals surface area contributed by atoms with Gasteiger partial charge in [0.2, 0.25) is 5.91 Å². The summed E-state index contributed by atoms with van der Waals surface area (Å²) in [7, 11) is 0. The van der Waals surface area contributed by atoms with Crippen LogP contribution < -0.4 is 26.9 Å². The van der Waals surface area contributed by atoms with Crippen molar-refractivity contribution >= 4 is 21.8 Å². The van der Waals surface area contributed by atoms with E-state index < -0.39 is 0 Å². The van der Waals surface area contributed by atoms with Gasteiger partial charge in [-0.15, -0.1) is 0 Å². The fourth-order valence-electron chi connectivity index (χ4n) is 3.04. The molecule has 3 atom stereocenters. The zero-order chi connectivity index (χ0) is 17.5. The van der Waals surface area contributed by atoms with E-state index in [0.717, 1.165) is 22.2 Å². The van der Waals surface area contributed by atoms with Crippen LogP contribution in [0.5, 0.6) is 5.75 Å². The highest BCUT2D eigenvalue weighted by molar-refractivity contribution is 9.10. The third kappa shape index (κ3) is 4.69. The van der Waals surface area contributed by atoms with Gasteiger partial charge in [-0.3, -0.25) is 15.6 Å². The van der Waals surface area contributed by atoms with E-state index in [1.807, 2.05) is 25.1 Å². The summed E-state index contributed by atoms with van der Waals surface area (Å²) in [5.41, 5.74) is 9.54. The number of carbonyl (C=O) groups is 1. The summed E-state index contributed by atoms with van der Waals surface area (Å²) in [5, 5.41) is 0. The van der Waals surface area contributed by atoms with Crippen LogP contribution in [-0.2, 0) is 4.79 Å². The molecule has 1 aromatic rings. The van der Waals surface area contributed by atoms with Crippen LogP contribution in [0.25, 0.3) is 0 Å². The highest BCUT2D eigenvalue weighted by atomic mass is 79.9. The van der Waals surface area contributed by atoms with Crippen LogP contribution in [0.2, 0.25) is 0 Å². The number of unbranched alkanes of at least 4 members (excludes halogenated alkanes) is 3. The van der Waals surface area contributed by atoms with Crippen molar-refractivity contribution in [3.63, 3.8) is 0 Å². The van der Waals surface area contributed by atoms with Crippen molar-refractivity contribution in [2.45, 2.75) is 51.6 Å². The number of hydrazine groups is 2. The van der Waals surface area contributed by atoms with Crippen molar-refractivity contribution < 1.29 is 9.53 Å². The first-order valence-corrected chi connectivity index (χ1v) is 9.31. The number of amides is 1. The van der Waals surface area contributed by atoms with Gasteiger partial charge in [-0.2, -0.15) is 0 Å². The first-order chi connectivity index (χ1) is 11.6. The predicted molar refractivity (Wildman–Crippen MR) is 98.1 cm³/mol. The molecule has 0 radical (unpaired) electrons. The molecule has 0 aliphatic carbocycles. The van der Waals surface area contributed by atoms with Crippen LogP contribution in [0.3, 0.4) is 0 Å². The maximum atomic E-state index is 12.2. The average Bonchev–Trinajstić information content (AvgIpc) is 2.96. The van der Waals surface area contributed by atoms with Gasteiger partial charge in [0.05, 0.1) is 18.6 Å². The van der Waals surface area contributed by atoms with E-state index in [2.05, 4.69) is 39.1 Å². The van der Waals surface area contributed by atoms with Crippen molar-refractivity contribution in [2.75, 3.05) is 6.61 Å². The molecule has 0 bridgehead atoms. The second-order valence-electron chi connectivity index (χ2n) is 6.18. The lowest BCUT2D eigenvalue weighted by Crippen LogP contribution is -2.41. The first-order valence-electron chi connectivity index (χ1n) is 8.52. The third-order valence-corrected chi connectivity index (χ3v) is 4.86. The Bertz CT molecular complexity index is 555. The van der Waals surface area contributed by atoms with E-state index in [9.17, 15) is 4.79 Å². The minimum absolute atomic E-state index is 0.0325. The number of nitrogens with two attached hydrogens (primary N) is 1. The predicted octanol–water partition coefficient (Wildman–Crippen LogP) is 2.55. The molecule has 1 aliphatic rings. The van der Waals surface area contributed by atoms with Crippen molar-refractivity contribution in [2.24, 2.45) is 11.8 Å². The molecule has 24 heavy (non-hydrogen) atoms. The van der Waals surface area contributed by atoms with Gasteiger partial charge in [0.25, 0.3) is 0 Å². The van der Waals surface area contributed by atoms with Crippen molar-refractivity contribution in [1.82, 2.24) is 16.3 Å². The number of benzene rings is 1. The second kappa shape index (κ2) is 9.36. The minimum Gasteiger partial charge on any atom is -0.493 e. The Balaban J connectivity index is 2.15. The lowest BCUT2D eigenvalue weighted by molar-refractivity contribution is -0.125.